The van der Waals surface area contributed by atoms with Crippen molar-refractivity contribution in [3.63, 3.8) is 0 Å². The van der Waals surface area contributed by atoms with Gasteiger partial charge < -0.3 is 0 Å². The summed E-state index contributed by atoms with van der Waals surface area (Å²) in [5.41, 5.74) is 4.68. The number of hydrogen-bond acceptors (Lipinski definition) is 1. The largest absolute Gasteiger partial charge is 0.192 e. The third kappa shape index (κ3) is 1.45. The van der Waals surface area contributed by atoms with Crippen molar-refractivity contribution in [2.24, 2.45) is 0 Å². The van der Waals surface area contributed by atoms with Gasteiger partial charge in [0.05, 0.1) is 11.6 Å². The SMILES string of the molecule is Cc1cc(C2CC2)c(C)cc1C#N. The predicted molar refractivity (Wildman–Crippen MR) is 52.6 cm³/mol. The molecule has 1 saturated carbocycles. The smallest absolute Gasteiger partial charge is 0.0994 e. The highest BCUT2D eigenvalue weighted by Crippen LogP contribution is 2.42. The summed E-state index contributed by atoms with van der Waals surface area (Å²) in [6.45, 7) is 4.12. The summed E-state index contributed by atoms with van der Waals surface area (Å²) in [5.74, 6) is 0.784. The summed E-state index contributed by atoms with van der Waals surface area (Å²) in [4.78, 5) is 0. The van der Waals surface area contributed by atoms with Gasteiger partial charge in [0.1, 0.15) is 0 Å². The van der Waals surface area contributed by atoms with Crippen molar-refractivity contribution in [2.45, 2.75) is 32.6 Å². The first-order chi connectivity index (χ1) is 6.22. The minimum atomic E-state index is 0.784. The maximum Gasteiger partial charge on any atom is 0.0994 e. The Balaban J connectivity index is 2.50. The molecule has 0 aromatic heterocycles. The quantitative estimate of drug-likeness (QED) is 0.637. The Morgan fingerprint density at radius 1 is 1.23 bits per heavy atom. The highest BCUT2D eigenvalue weighted by molar-refractivity contribution is 5.45. The van der Waals surface area contributed by atoms with Gasteiger partial charge in [0, 0.05) is 0 Å². The van der Waals surface area contributed by atoms with Crippen LogP contribution in [0.1, 0.15) is 41.0 Å². The molecule has 0 atom stereocenters. The van der Waals surface area contributed by atoms with Gasteiger partial charge >= 0.3 is 0 Å². The molecular weight excluding hydrogens is 158 g/mol. The van der Waals surface area contributed by atoms with Gasteiger partial charge in [0.25, 0.3) is 0 Å². The molecule has 1 fully saturated rings. The number of hydrogen-bond donors (Lipinski definition) is 0. The molecule has 1 aliphatic rings. The van der Waals surface area contributed by atoms with Crippen LogP contribution in [0.2, 0.25) is 0 Å². The highest BCUT2D eigenvalue weighted by atomic mass is 14.3. The van der Waals surface area contributed by atoms with Crippen molar-refractivity contribution in [2.75, 3.05) is 0 Å². The van der Waals surface area contributed by atoms with Crippen molar-refractivity contribution >= 4 is 0 Å². The fraction of sp³-hybridized carbons (Fsp3) is 0.417. The van der Waals surface area contributed by atoms with Gasteiger partial charge in [-0.25, -0.2) is 0 Å². The van der Waals surface area contributed by atoms with Crippen LogP contribution in [-0.4, -0.2) is 0 Å². The van der Waals surface area contributed by atoms with Crippen LogP contribution in [-0.2, 0) is 0 Å². The Bertz CT molecular complexity index is 381. The molecule has 1 aromatic rings. The molecule has 1 aromatic carbocycles. The molecular formula is C12H13N. The molecule has 0 amide bonds. The second kappa shape index (κ2) is 2.88. The third-order valence-electron chi connectivity index (χ3n) is 2.75. The van der Waals surface area contributed by atoms with Gasteiger partial charge in [-0.2, -0.15) is 5.26 Å². The molecule has 0 N–H and O–H groups in total. The van der Waals surface area contributed by atoms with Crippen molar-refractivity contribution < 1.29 is 0 Å². The second-order valence-electron chi connectivity index (χ2n) is 3.91. The Morgan fingerprint density at radius 2 is 1.92 bits per heavy atom. The molecule has 1 heteroatoms. The van der Waals surface area contributed by atoms with Crippen LogP contribution in [0.4, 0.5) is 0 Å². The van der Waals surface area contributed by atoms with Crippen molar-refractivity contribution in [3.05, 3.63) is 34.4 Å². The average Bonchev–Trinajstić information content (AvgIpc) is 2.91. The zero-order chi connectivity index (χ0) is 9.42. The van der Waals surface area contributed by atoms with Crippen molar-refractivity contribution in [1.29, 1.82) is 5.26 Å². The Kier molecular flexibility index (Phi) is 1.84. The number of benzene rings is 1. The van der Waals surface area contributed by atoms with E-state index in [0.29, 0.717) is 0 Å². The van der Waals surface area contributed by atoms with Gasteiger partial charge in [-0.1, -0.05) is 6.07 Å². The first kappa shape index (κ1) is 8.31. The summed E-state index contributed by atoms with van der Waals surface area (Å²) < 4.78 is 0. The van der Waals surface area contributed by atoms with Crippen molar-refractivity contribution in [1.82, 2.24) is 0 Å². The normalized spacial score (nSPS) is 15.5. The molecule has 66 valence electrons. The molecule has 1 nitrogen and oxygen atoms in total. The molecule has 0 radical (unpaired) electrons. The lowest BCUT2D eigenvalue weighted by Crippen LogP contribution is -1.91. The zero-order valence-corrected chi connectivity index (χ0v) is 8.09. The van der Waals surface area contributed by atoms with Crippen molar-refractivity contribution in [3.8, 4) is 6.07 Å². The van der Waals surface area contributed by atoms with E-state index in [2.05, 4.69) is 19.1 Å². The number of aryl methyl sites for hydroxylation is 2. The summed E-state index contributed by atoms with van der Waals surface area (Å²) in [7, 11) is 0. The molecule has 2 rings (SSSR count). The van der Waals surface area contributed by atoms with E-state index < -0.39 is 0 Å². The lowest BCUT2D eigenvalue weighted by Gasteiger charge is -2.06. The summed E-state index contributed by atoms with van der Waals surface area (Å²) in [6.07, 6.45) is 2.65. The fourth-order valence-electron chi connectivity index (χ4n) is 1.79. The molecule has 0 heterocycles. The van der Waals surface area contributed by atoms with E-state index >= 15 is 0 Å². The summed E-state index contributed by atoms with van der Waals surface area (Å²) in [5, 5.41) is 8.84. The minimum absolute atomic E-state index is 0.784. The lowest BCUT2D eigenvalue weighted by molar-refractivity contribution is 1.09. The van der Waals surface area contributed by atoms with Crippen LogP contribution >= 0.6 is 0 Å². The molecule has 1 aliphatic carbocycles. The standard InChI is InChI=1S/C12H13N/c1-8-6-12(10-3-4-10)9(2)5-11(8)7-13/h5-6,10H,3-4H2,1-2H3. The molecule has 0 saturated heterocycles. The Labute approximate surface area is 79.0 Å². The minimum Gasteiger partial charge on any atom is -0.192 e. The van der Waals surface area contributed by atoms with Crippen LogP contribution in [0.5, 0.6) is 0 Å². The molecule has 13 heavy (non-hydrogen) atoms. The maximum atomic E-state index is 8.84. The molecule has 0 spiro atoms. The fourth-order valence-corrected chi connectivity index (χ4v) is 1.79. The summed E-state index contributed by atoms with van der Waals surface area (Å²) in [6, 6.07) is 6.43. The number of rotatable bonds is 1. The highest BCUT2D eigenvalue weighted by Gasteiger charge is 2.25. The van der Waals surface area contributed by atoms with E-state index in [9.17, 15) is 0 Å². The van der Waals surface area contributed by atoms with Crippen LogP contribution in [0, 0.1) is 25.2 Å². The van der Waals surface area contributed by atoms with Gasteiger partial charge in [0.15, 0.2) is 0 Å². The van der Waals surface area contributed by atoms with Gasteiger partial charge in [-0.15, -0.1) is 0 Å². The number of nitriles is 1. The molecule has 0 unspecified atom stereocenters. The topological polar surface area (TPSA) is 23.8 Å². The third-order valence-corrected chi connectivity index (χ3v) is 2.75. The Morgan fingerprint density at radius 3 is 2.46 bits per heavy atom. The van der Waals surface area contributed by atoms with E-state index in [1.807, 2.05) is 13.0 Å². The lowest BCUT2D eigenvalue weighted by atomic mass is 9.98. The van der Waals surface area contributed by atoms with Crippen LogP contribution in [0.3, 0.4) is 0 Å². The van der Waals surface area contributed by atoms with Crippen LogP contribution < -0.4 is 0 Å². The van der Waals surface area contributed by atoms with Crippen LogP contribution in [0.15, 0.2) is 12.1 Å². The second-order valence-corrected chi connectivity index (χ2v) is 3.91. The molecule has 0 aliphatic heterocycles. The van der Waals surface area contributed by atoms with Crippen LogP contribution in [0.25, 0.3) is 0 Å². The first-order valence-electron chi connectivity index (χ1n) is 4.73. The monoisotopic (exact) mass is 171 g/mol. The van der Waals surface area contributed by atoms with Gasteiger partial charge in [-0.05, 0) is 55.4 Å². The van der Waals surface area contributed by atoms with E-state index in [1.54, 1.807) is 0 Å². The maximum absolute atomic E-state index is 8.84. The van der Waals surface area contributed by atoms with E-state index in [4.69, 9.17) is 5.26 Å². The molecule has 0 bridgehead atoms. The predicted octanol–water partition coefficient (Wildman–Crippen LogP) is 3.05. The summed E-state index contributed by atoms with van der Waals surface area (Å²) >= 11 is 0. The van der Waals surface area contributed by atoms with Gasteiger partial charge in [0.2, 0.25) is 0 Å². The number of nitrogens with zero attached hydrogens (tertiary/aromatic N) is 1. The zero-order valence-electron chi connectivity index (χ0n) is 8.09. The van der Waals surface area contributed by atoms with E-state index in [-0.39, 0.29) is 0 Å². The average molecular weight is 171 g/mol. The van der Waals surface area contributed by atoms with E-state index in [0.717, 1.165) is 17.0 Å². The Hall–Kier alpha value is -1.29. The first-order valence-corrected chi connectivity index (χ1v) is 4.73. The van der Waals surface area contributed by atoms with Gasteiger partial charge in [-0.3, -0.25) is 0 Å². The van der Waals surface area contributed by atoms with E-state index in [1.165, 1.54) is 24.0 Å².